The Bertz CT molecular complexity index is 3120. The molecule has 0 saturated carbocycles. The third-order valence-corrected chi connectivity index (χ3v) is 14.5. The molecular weight excluding hydrogens is 759 g/mol. The van der Waals surface area contributed by atoms with Crippen LogP contribution in [-0.2, 0) is 6.67 Å². The lowest BCUT2D eigenvalue weighted by atomic mass is 9.89. The molecule has 0 radical (unpaired) electrons. The second kappa shape index (κ2) is 17.1. The third kappa shape index (κ3) is 6.60. The third-order valence-electron chi connectivity index (χ3n) is 14.5. The maximum absolute atomic E-state index is 5.76. The fourth-order valence-corrected chi connectivity index (χ4v) is 9.62. The predicted molar refractivity (Wildman–Crippen MR) is 267 cm³/mol. The smallest absolute Gasteiger partial charge is 0.165 e. The number of fused-ring (bicyclic) bond motifs is 11. The minimum Gasteiger partial charge on any atom is -0.291 e. The van der Waals surface area contributed by atoms with Crippen molar-refractivity contribution in [3.05, 3.63) is 123 Å². The summed E-state index contributed by atoms with van der Waals surface area (Å²) in [6.07, 6.45) is 12.0. The summed E-state index contributed by atoms with van der Waals surface area (Å²) in [5.74, 6) is 3.25. The molecule has 62 heavy (non-hydrogen) atoms. The Morgan fingerprint density at radius 1 is 0.565 bits per heavy atom. The van der Waals surface area contributed by atoms with Crippen molar-refractivity contribution in [2.75, 3.05) is 0 Å². The summed E-state index contributed by atoms with van der Waals surface area (Å²) >= 11 is 0. The molecule has 0 N–H and O–H groups in total. The number of aromatic nitrogens is 2. The Morgan fingerprint density at radius 2 is 1.06 bits per heavy atom. The number of hydrogen-bond acceptors (Lipinski definition) is 5. The van der Waals surface area contributed by atoms with E-state index in [0.29, 0.717) is 13.1 Å². The molecule has 0 spiro atoms. The monoisotopic (exact) mass is 826 g/mol. The first-order chi connectivity index (χ1) is 29.5. The SMILES string of the molecule is C#C.CC.CC.CC/C(C)=C(C)\C(C)=C1/CC2=CC1=Nc1c3c(C)c(C)c(C)c(C)c3c3n1Cn1c(c4cc(C)c(C)c(C)c4c1=NC1=NC(=N3)c3c(C)c(C)c(C)c(C)c31)=N2. The Labute approximate surface area is 370 Å². The van der Waals surface area contributed by atoms with Crippen molar-refractivity contribution >= 4 is 50.6 Å². The number of amidine groups is 2. The molecule has 0 amide bonds. The van der Waals surface area contributed by atoms with E-state index in [0.717, 1.165) is 84.8 Å². The van der Waals surface area contributed by atoms with Crippen LogP contribution >= 0.6 is 0 Å². The van der Waals surface area contributed by atoms with Crippen molar-refractivity contribution in [1.29, 1.82) is 0 Å². The van der Waals surface area contributed by atoms with E-state index in [1.165, 1.54) is 83.5 Å². The molecule has 3 aromatic carbocycles. The average Bonchev–Trinajstić information content (AvgIpc) is 4.01. The van der Waals surface area contributed by atoms with Gasteiger partial charge in [-0.05, 0) is 193 Å². The maximum atomic E-state index is 5.76. The normalized spacial score (nSPS) is 15.5. The van der Waals surface area contributed by atoms with Gasteiger partial charge in [0.25, 0.3) is 0 Å². The zero-order valence-corrected chi connectivity index (χ0v) is 41.1. The average molecular weight is 826 g/mol. The summed E-state index contributed by atoms with van der Waals surface area (Å²) in [5, 5.41) is 4.53. The van der Waals surface area contributed by atoms with Crippen LogP contribution < -0.4 is 11.0 Å². The van der Waals surface area contributed by atoms with E-state index < -0.39 is 0 Å². The van der Waals surface area contributed by atoms with Gasteiger partial charge in [0.15, 0.2) is 11.7 Å². The molecule has 0 fully saturated rings. The number of aryl methyl sites for hydroxylation is 4. The molecule has 0 atom stereocenters. The number of rotatable bonds is 2. The lowest BCUT2D eigenvalue weighted by Crippen LogP contribution is -2.31. The fraction of sp³-hybridized carbons (Fsp3) is 0.400. The largest absolute Gasteiger partial charge is 0.291 e. The Balaban J connectivity index is 0.00000103. The van der Waals surface area contributed by atoms with E-state index in [9.17, 15) is 0 Å². The topological polar surface area (TPSA) is 71.7 Å². The lowest BCUT2D eigenvalue weighted by Gasteiger charge is -2.15. The minimum absolute atomic E-state index is 0.451. The van der Waals surface area contributed by atoms with Gasteiger partial charge in [-0.2, -0.15) is 0 Å². The zero-order chi connectivity index (χ0) is 46.0. The Kier molecular flexibility index (Phi) is 12.6. The van der Waals surface area contributed by atoms with Crippen molar-refractivity contribution in [1.82, 2.24) is 9.13 Å². The minimum atomic E-state index is 0.451. The summed E-state index contributed by atoms with van der Waals surface area (Å²) in [6, 6.07) is 2.33. The van der Waals surface area contributed by atoms with E-state index in [2.05, 4.69) is 138 Å². The first kappa shape index (κ1) is 45.7. The molecule has 7 heteroatoms. The van der Waals surface area contributed by atoms with Gasteiger partial charge in [0, 0.05) is 44.8 Å². The summed E-state index contributed by atoms with van der Waals surface area (Å²) in [6.45, 7) is 42.0. The standard InChI is InChI=1S/C49H53N7.2C2H6.C2H2/c1-16-21(2)23(4)29(10)36-18-35-19-38(36)51-48-42-33(14)27(8)28(9)34(15)43(42)49-54-45-41-32(13)26(7)25(6)31(12)40(41)44(52-45)53-47-39-30(11)24(5)22(3)17-37(39)46(50-35)55(47)20-56(48)49;3*1-2/h17,19H,16,18,20H2,1-15H3;2*1-2H3;1-2H/b23-21-,36-29+,50-35?,50-46?,51-38?,51-48?,53-44?,53-47?,54-45?,54-49?;;;. The summed E-state index contributed by atoms with van der Waals surface area (Å²) in [4.78, 5) is 28.1. The second-order valence-electron chi connectivity index (χ2n) is 16.9. The van der Waals surface area contributed by atoms with Crippen LogP contribution in [0.4, 0.5) is 11.6 Å². The van der Waals surface area contributed by atoms with Gasteiger partial charge in [0.1, 0.15) is 29.3 Å². The highest BCUT2D eigenvalue weighted by atomic mass is 15.3. The van der Waals surface area contributed by atoms with Crippen molar-refractivity contribution in [2.24, 2.45) is 25.0 Å². The highest BCUT2D eigenvalue weighted by Gasteiger charge is 2.33. The Morgan fingerprint density at radius 3 is 1.61 bits per heavy atom. The van der Waals surface area contributed by atoms with Crippen LogP contribution in [0.25, 0.3) is 21.5 Å². The van der Waals surface area contributed by atoms with E-state index in [1.807, 2.05) is 27.7 Å². The number of hydrogen-bond donors (Lipinski definition) is 0. The van der Waals surface area contributed by atoms with Gasteiger partial charge in [-0.25, -0.2) is 25.0 Å². The Hall–Kier alpha value is -5.87. The fourth-order valence-electron chi connectivity index (χ4n) is 9.62. The molecule has 322 valence electrons. The molecule has 5 aromatic rings. The van der Waals surface area contributed by atoms with Crippen LogP contribution in [0.5, 0.6) is 0 Å². The summed E-state index contributed by atoms with van der Waals surface area (Å²) in [7, 11) is 0. The maximum Gasteiger partial charge on any atom is 0.165 e. The van der Waals surface area contributed by atoms with E-state index in [1.54, 1.807) is 0 Å². The van der Waals surface area contributed by atoms with E-state index in [4.69, 9.17) is 25.0 Å². The van der Waals surface area contributed by atoms with Crippen LogP contribution in [-0.4, -0.2) is 26.5 Å². The van der Waals surface area contributed by atoms with Crippen molar-refractivity contribution < 1.29 is 0 Å². The highest BCUT2D eigenvalue weighted by molar-refractivity contribution is 6.25. The van der Waals surface area contributed by atoms with Crippen LogP contribution in [0.2, 0.25) is 0 Å². The molecule has 9 rings (SSSR count). The van der Waals surface area contributed by atoms with Crippen molar-refractivity contribution in [3.8, 4) is 12.8 Å². The molecule has 1 aliphatic carbocycles. The summed E-state index contributed by atoms with van der Waals surface area (Å²) in [5.41, 5.74) is 24.9. The number of terminal acetylenes is 1. The predicted octanol–water partition coefficient (Wildman–Crippen LogP) is 13.3. The zero-order valence-electron chi connectivity index (χ0n) is 41.1. The summed E-state index contributed by atoms with van der Waals surface area (Å²) < 4.78 is 4.68. The van der Waals surface area contributed by atoms with E-state index >= 15 is 0 Å². The first-order valence-corrected chi connectivity index (χ1v) is 22.5. The molecule has 0 unspecified atom stereocenters. The van der Waals surface area contributed by atoms with Gasteiger partial charge < -0.3 is 0 Å². The number of nitrogens with zero attached hydrogens (tertiary/aromatic N) is 7. The van der Waals surface area contributed by atoms with E-state index in [-0.39, 0.29) is 0 Å². The molecule has 4 aliphatic rings. The molecule has 5 heterocycles. The molecule has 0 saturated heterocycles. The molecule has 7 nitrogen and oxygen atoms in total. The van der Waals surface area contributed by atoms with Gasteiger partial charge in [-0.3, -0.25) is 9.13 Å². The van der Waals surface area contributed by atoms with Crippen molar-refractivity contribution in [2.45, 2.75) is 151 Å². The molecule has 2 aromatic heterocycles. The van der Waals surface area contributed by atoms with Crippen LogP contribution in [0.3, 0.4) is 0 Å². The van der Waals surface area contributed by atoms with Gasteiger partial charge in [0.2, 0.25) is 0 Å². The van der Waals surface area contributed by atoms with Gasteiger partial charge >= 0.3 is 0 Å². The highest BCUT2D eigenvalue weighted by Crippen LogP contribution is 2.47. The number of allylic oxidation sites excluding steroid dienone is 5. The van der Waals surface area contributed by atoms with Crippen molar-refractivity contribution in [3.63, 3.8) is 0 Å². The van der Waals surface area contributed by atoms with Gasteiger partial charge in [-0.15, -0.1) is 12.8 Å². The first-order valence-electron chi connectivity index (χ1n) is 22.5. The van der Waals surface area contributed by atoms with Crippen LogP contribution in [0.1, 0.15) is 141 Å². The van der Waals surface area contributed by atoms with Crippen LogP contribution in [0.15, 0.2) is 65.1 Å². The van der Waals surface area contributed by atoms with Crippen LogP contribution in [0, 0.1) is 89.0 Å². The quantitative estimate of drug-likeness (QED) is 0.159. The lowest BCUT2D eigenvalue weighted by molar-refractivity contribution is 0.581. The van der Waals surface area contributed by atoms with Gasteiger partial charge in [-0.1, -0.05) is 40.2 Å². The number of benzene rings is 3. The second-order valence-corrected chi connectivity index (χ2v) is 16.9. The molecule has 6 bridgehead atoms. The number of aliphatic imine (C=N–C) groups is 3. The molecular formula is C55H67N7. The van der Waals surface area contributed by atoms with Gasteiger partial charge in [0.05, 0.1) is 5.71 Å². The molecule has 3 aliphatic heterocycles.